The Bertz CT molecular complexity index is 672. The molecule has 0 fully saturated rings. The van der Waals surface area contributed by atoms with Crippen LogP contribution in [0.25, 0.3) is 11.3 Å². The molecule has 0 radical (unpaired) electrons. The summed E-state index contributed by atoms with van der Waals surface area (Å²) in [6.45, 7) is 1.85. The van der Waals surface area contributed by atoms with Gasteiger partial charge in [0, 0.05) is 5.56 Å². The van der Waals surface area contributed by atoms with Gasteiger partial charge in [0.15, 0.2) is 11.1 Å². The first kappa shape index (κ1) is 15.6. The van der Waals surface area contributed by atoms with Crippen LogP contribution in [0.1, 0.15) is 17.1 Å². The molecule has 0 saturated heterocycles. The molecule has 0 aliphatic heterocycles. The number of aromatic nitrogens is 2. The van der Waals surface area contributed by atoms with Crippen molar-refractivity contribution in [1.29, 1.82) is 0 Å². The second-order valence-electron chi connectivity index (χ2n) is 4.38. The largest absolute Gasteiger partial charge is 0.433 e. The Hall–Kier alpha value is -1.80. The van der Waals surface area contributed by atoms with Gasteiger partial charge in [-0.15, -0.1) is 0 Å². The van der Waals surface area contributed by atoms with Crippen LogP contribution in [0.2, 0.25) is 0 Å². The van der Waals surface area contributed by atoms with Crippen LogP contribution in [0.4, 0.5) is 13.2 Å². The topological polar surface area (TPSA) is 63.1 Å². The lowest BCUT2D eigenvalue weighted by atomic mass is 10.1. The monoisotopic (exact) mass is 316 g/mol. The maximum absolute atomic E-state index is 12.8. The molecule has 4 nitrogen and oxygen atoms in total. The minimum Gasteiger partial charge on any atom is -0.306 e. The summed E-state index contributed by atoms with van der Waals surface area (Å²) in [5, 5.41) is 0. The zero-order valence-corrected chi connectivity index (χ0v) is 11.7. The fraction of sp³-hybridized carbons (Fsp3) is 0.231. The third-order valence-electron chi connectivity index (χ3n) is 2.66. The Labute approximate surface area is 121 Å². The standard InChI is InChI=1S/C13H11F3N2O2S/c1-8-2-4-9(5-3-8)10-6-11(13(14,15)16)18-12(17-10)7-21(19)20/h2-6H,7H2,1H3,(H,19,20). The van der Waals surface area contributed by atoms with Gasteiger partial charge < -0.3 is 4.55 Å². The summed E-state index contributed by atoms with van der Waals surface area (Å²) in [4.78, 5) is 7.22. The first-order valence-corrected chi connectivity index (χ1v) is 7.13. The molecule has 0 aliphatic carbocycles. The number of hydrogen-bond donors (Lipinski definition) is 1. The van der Waals surface area contributed by atoms with Gasteiger partial charge in [-0.1, -0.05) is 29.8 Å². The molecule has 2 aromatic rings. The molecule has 0 bridgehead atoms. The van der Waals surface area contributed by atoms with E-state index in [-0.39, 0.29) is 11.5 Å². The first-order valence-electron chi connectivity index (χ1n) is 5.85. The zero-order valence-electron chi connectivity index (χ0n) is 10.9. The minimum atomic E-state index is -4.64. The molecule has 2 rings (SSSR count). The van der Waals surface area contributed by atoms with E-state index in [2.05, 4.69) is 9.97 Å². The van der Waals surface area contributed by atoms with Crippen molar-refractivity contribution in [2.75, 3.05) is 0 Å². The first-order chi connectivity index (χ1) is 9.75. The maximum atomic E-state index is 12.8. The Kier molecular flexibility index (Phi) is 4.38. The van der Waals surface area contributed by atoms with Gasteiger partial charge in [-0.05, 0) is 13.0 Å². The third-order valence-corrected chi connectivity index (χ3v) is 3.17. The molecule has 21 heavy (non-hydrogen) atoms. The van der Waals surface area contributed by atoms with E-state index in [1.165, 1.54) is 0 Å². The molecule has 0 aliphatic rings. The summed E-state index contributed by atoms with van der Waals surface area (Å²) in [6.07, 6.45) is -4.64. The van der Waals surface area contributed by atoms with Crippen molar-refractivity contribution in [3.8, 4) is 11.3 Å². The predicted octanol–water partition coefficient (Wildman–Crippen LogP) is 3.19. The second kappa shape index (κ2) is 5.90. The Balaban J connectivity index is 2.54. The lowest BCUT2D eigenvalue weighted by molar-refractivity contribution is -0.141. The number of alkyl halides is 3. The fourth-order valence-corrected chi connectivity index (χ4v) is 2.04. The average Bonchev–Trinajstić information content (AvgIpc) is 2.37. The van der Waals surface area contributed by atoms with Crippen LogP contribution in [0.15, 0.2) is 30.3 Å². The van der Waals surface area contributed by atoms with Gasteiger partial charge in [-0.3, -0.25) is 0 Å². The molecule has 1 aromatic heterocycles. The van der Waals surface area contributed by atoms with E-state index in [0.717, 1.165) is 11.6 Å². The normalized spacial score (nSPS) is 13.2. The van der Waals surface area contributed by atoms with Crippen molar-refractivity contribution in [3.05, 3.63) is 47.4 Å². The fourth-order valence-electron chi connectivity index (χ4n) is 1.69. The molecule has 1 heterocycles. The molecular formula is C13H11F3N2O2S. The van der Waals surface area contributed by atoms with E-state index >= 15 is 0 Å². The van der Waals surface area contributed by atoms with E-state index in [0.29, 0.717) is 5.56 Å². The molecule has 0 amide bonds. The van der Waals surface area contributed by atoms with Crippen molar-refractivity contribution in [2.45, 2.75) is 18.9 Å². The lowest BCUT2D eigenvalue weighted by Gasteiger charge is -2.10. The van der Waals surface area contributed by atoms with E-state index in [1.807, 2.05) is 6.92 Å². The predicted molar refractivity (Wildman–Crippen MR) is 71.7 cm³/mol. The zero-order chi connectivity index (χ0) is 15.6. The van der Waals surface area contributed by atoms with Crippen LogP contribution in [0.5, 0.6) is 0 Å². The van der Waals surface area contributed by atoms with E-state index < -0.39 is 28.7 Å². The number of nitrogens with zero attached hydrogens (tertiary/aromatic N) is 2. The van der Waals surface area contributed by atoms with Gasteiger partial charge >= 0.3 is 6.18 Å². The summed E-state index contributed by atoms with van der Waals surface area (Å²) in [6, 6.07) is 7.59. The molecule has 1 aromatic carbocycles. The van der Waals surface area contributed by atoms with Gasteiger partial charge in [0.1, 0.15) is 17.3 Å². The number of rotatable bonds is 3. The van der Waals surface area contributed by atoms with Crippen LogP contribution in [0, 0.1) is 6.92 Å². The smallest absolute Gasteiger partial charge is 0.306 e. The molecule has 1 unspecified atom stereocenters. The van der Waals surface area contributed by atoms with Gasteiger partial charge in [-0.25, -0.2) is 14.2 Å². The van der Waals surface area contributed by atoms with Crippen molar-refractivity contribution >= 4 is 11.1 Å². The van der Waals surface area contributed by atoms with Gasteiger partial charge in [0.2, 0.25) is 0 Å². The highest BCUT2D eigenvalue weighted by Crippen LogP contribution is 2.30. The van der Waals surface area contributed by atoms with Crippen molar-refractivity contribution < 1.29 is 21.9 Å². The minimum absolute atomic E-state index is 0.0674. The van der Waals surface area contributed by atoms with Crippen LogP contribution >= 0.6 is 0 Å². The molecule has 0 saturated carbocycles. The lowest BCUT2D eigenvalue weighted by Crippen LogP contribution is -2.12. The molecular weight excluding hydrogens is 305 g/mol. The summed E-state index contributed by atoms with van der Waals surface area (Å²) < 4.78 is 58.1. The quantitative estimate of drug-likeness (QED) is 0.883. The van der Waals surface area contributed by atoms with Gasteiger partial charge in [-0.2, -0.15) is 13.2 Å². The summed E-state index contributed by atoms with van der Waals surface area (Å²) >= 11 is -2.31. The van der Waals surface area contributed by atoms with E-state index in [1.54, 1.807) is 24.3 Å². The van der Waals surface area contributed by atoms with E-state index in [9.17, 15) is 17.4 Å². The Morgan fingerprint density at radius 2 is 1.81 bits per heavy atom. The number of benzene rings is 1. The Morgan fingerprint density at radius 1 is 1.19 bits per heavy atom. The molecule has 0 spiro atoms. The maximum Gasteiger partial charge on any atom is 0.433 e. The van der Waals surface area contributed by atoms with Crippen LogP contribution in [0.3, 0.4) is 0 Å². The second-order valence-corrected chi connectivity index (χ2v) is 5.32. The number of hydrogen-bond acceptors (Lipinski definition) is 3. The molecule has 8 heteroatoms. The Morgan fingerprint density at radius 3 is 2.33 bits per heavy atom. The highest BCUT2D eigenvalue weighted by atomic mass is 32.2. The molecule has 1 N–H and O–H groups in total. The van der Waals surface area contributed by atoms with Crippen LogP contribution < -0.4 is 0 Å². The van der Waals surface area contributed by atoms with Crippen molar-refractivity contribution in [2.24, 2.45) is 0 Å². The average molecular weight is 316 g/mol. The summed E-state index contributed by atoms with van der Waals surface area (Å²) in [7, 11) is 0. The van der Waals surface area contributed by atoms with Crippen LogP contribution in [-0.2, 0) is 23.0 Å². The molecule has 112 valence electrons. The van der Waals surface area contributed by atoms with E-state index in [4.69, 9.17) is 4.55 Å². The molecule has 1 atom stereocenters. The third kappa shape index (κ3) is 4.08. The highest BCUT2D eigenvalue weighted by molar-refractivity contribution is 7.78. The summed E-state index contributed by atoms with van der Waals surface area (Å²) in [5.74, 6) is -0.871. The van der Waals surface area contributed by atoms with Gasteiger partial charge in [0.05, 0.1) is 5.69 Å². The van der Waals surface area contributed by atoms with Crippen molar-refractivity contribution in [3.63, 3.8) is 0 Å². The summed E-state index contributed by atoms with van der Waals surface area (Å²) in [5.41, 5.74) is 0.380. The number of aryl methyl sites for hydroxylation is 1. The van der Waals surface area contributed by atoms with Crippen LogP contribution in [-0.4, -0.2) is 18.7 Å². The SMILES string of the molecule is Cc1ccc(-c2cc(C(F)(F)F)nc(CS(=O)O)n2)cc1. The number of halogens is 3. The van der Waals surface area contributed by atoms with Gasteiger partial charge in [0.25, 0.3) is 0 Å². The van der Waals surface area contributed by atoms with Crippen molar-refractivity contribution in [1.82, 2.24) is 9.97 Å². The highest BCUT2D eigenvalue weighted by Gasteiger charge is 2.33.